The lowest BCUT2D eigenvalue weighted by Crippen LogP contribution is -2.06. The van der Waals surface area contributed by atoms with Crippen molar-refractivity contribution >= 4 is 5.97 Å². The van der Waals surface area contributed by atoms with Crippen LogP contribution in [0.5, 0.6) is 0 Å². The molecule has 15 heavy (non-hydrogen) atoms. The fourth-order valence-corrected chi connectivity index (χ4v) is 0.970. The number of carbonyl (C=O) groups is 1. The number of aliphatic carboxylic acids is 1. The lowest BCUT2D eigenvalue weighted by molar-refractivity contribution is -0.140. The molecule has 0 aromatic rings. The zero-order valence-electron chi connectivity index (χ0n) is 9.49. The van der Waals surface area contributed by atoms with E-state index in [0.717, 1.165) is 5.57 Å². The summed E-state index contributed by atoms with van der Waals surface area (Å²) in [4.78, 5) is 10.2. The van der Waals surface area contributed by atoms with Crippen LogP contribution in [-0.2, 0) is 9.53 Å². The van der Waals surface area contributed by atoms with Gasteiger partial charge in [-0.2, -0.15) is 0 Å². The third-order valence-corrected chi connectivity index (χ3v) is 1.61. The molecule has 0 aromatic heterocycles. The van der Waals surface area contributed by atoms with Gasteiger partial charge in [0.1, 0.15) is 5.76 Å². The fraction of sp³-hybridized carbons (Fsp3) is 0.417. The van der Waals surface area contributed by atoms with E-state index < -0.39 is 5.97 Å². The van der Waals surface area contributed by atoms with E-state index >= 15 is 0 Å². The second-order valence-electron chi connectivity index (χ2n) is 2.83. The fourth-order valence-electron chi connectivity index (χ4n) is 0.970. The predicted molar refractivity (Wildman–Crippen MR) is 60.5 cm³/mol. The van der Waals surface area contributed by atoms with E-state index in [0.29, 0.717) is 12.2 Å². The van der Waals surface area contributed by atoms with Gasteiger partial charge in [0.05, 0.1) is 0 Å². The Morgan fingerprint density at radius 1 is 1.47 bits per heavy atom. The summed E-state index contributed by atoms with van der Waals surface area (Å²) in [5.41, 5.74) is 1.13. The highest BCUT2D eigenvalue weighted by Crippen LogP contribution is 2.11. The second-order valence-corrected chi connectivity index (χ2v) is 2.83. The van der Waals surface area contributed by atoms with Gasteiger partial charge in [-0.15, -0.1) is 0 Å². The zero-order chi connectivity index (χ0) is 11.7. The number of carboxylic acid groups (broad SMARTS) is 1. The van der Waals surface area contributed by atoms with Gasteiger partial charge in [-0.05, 0) is 13.0 Å². The normalized spacial score (nSPS) is 14.1. The van der Waals surface area contributed by atoms with E-state index in [9.17, 15) is 4.79 Å². The van der Waals surface area contributed by atoms with Gasteiger partial charge >= 0.3 is 5.97 Å². The molecule has 0 aliphatic heterocycles. The van der Waals surface area contributed by atoms with Crippen LogP contribution in [0.4, 0.5) is 0 Å². The first kappa shape index (κ1) is 13.5. The van der Waals surface area contributed by atoms with Gasteiger partial charge in [-0.1, -0.05) is 37.6 Å². The number of ether oxygens (including phenoxy) is 1. The molecule has 0 saturated carbocycles. The summed E-state index contributed by atoms with van der Waals surface area (Å²) in [6.45, 7) is 5.71. The maximum Gasteiger partial charge on any atom is 0.341 e. The van der Waals surface area contributed by atoms with Crippen LogP contribution in [0.15, 0.2) is 35.6 Å². The van der Waals surface area contributed by atoms with Gasteiger partial charge in [0.15, 0.2) is 6.61 Å². The first-order chi connectivity index (χ1) is 7.18. The Labute approximate surface area is 90.8 Å². The molecule has 0 spiro atoms. The van der Waals surface area contributed by atoms with Crippen LogP contribution < -0.4 is 0 Å². The van der Waals surface area contributed by atoms with Crippen molar-refractivity contribution in [2.24, 2.45) is 0 Å². The average Bonchev–Trinajstić information content (AvgIpc) is 2.43. The SMILES string of the molecule is CC.CC1=CC=C(OCC(=O)O)CC=C1. The molecule has 0 radical (unpaired) electrons. The van der Waals surface area contributed by atoms with Crippen LogP contribution in [0, 0.1) is 0 Å². The van der Waals surface area contributed by atoms with Gasteiger partial charge in [0.25, 0.3) is 0 Å². The molecule has 1 rings (SSSR count). The first-order valence-corrected chi connectivity index (χ1v) is 5.07. The van der Waals surface area contributed by atoms with Crippen molar-refractivity contribution in [3.05, 3.63) is 35.6 Å². The minimum atomic E-state index is -0.949. The quantitative estimate of drug-likeness (QED) is 0.779. The molecular formula is C12H18O3. The Morgan fingerprint density at radius 2 is 2.13 bits per heavy atom. The molecule has 0 unspecified atom stereocenters. The summed E-state index contributed by atoms with van der Waals surface area (Å²) in [5, 5.41) is 8.38. The predicted octanol–water partition coefficient (Wildman–Crippen LogP) is 2.90. The number of carboxylic acids is 1. The van der Waals surface area contributed by atoms with Gasteiger partial charge in [-0.25, -0.2) is 4.79 Å². The smallest absolute Gasteiger partial charge is 0.341 e. The number of hydrogen-bond donors (Lipinski definition) is 1. The molecule has 0 aromatic carbocycles. The molecule has 1 N–H and O–H groups in total. The van der Waals surface area contributed by atoms with Gasteiger partial charge in [0.2, 0.25) is 0 Å². The van der Waals surface area contributed by atoms with Gasteiger partial charge in [0, 0.05) is 6.42 Å². The maximum absolute atomic E-state index is 10.2. The van der Waals surface area contributed by atoms with Crippen molar-refractivity contribution in [1.29, 1.82) is 0 Å². The summed E-state index contributed by atoms with van der Waals surface area (Å²) in [5.74, 6) is -0.259. The molecule has 0 heterocycles. The Bertz CT molecular complexity index is 285. The third kappa shape index (κ3) is 6.55. The molecule has 1 aliphatic carbocycles. The molecule has 1 aliphatic rings. The molecule has 3 heteroatoms. The van der Waals surface area contributed by atoms with E-state index in [2.05, 4.69) is 0 Å². The van der Waals surface area contributed by atoms with Gasteiger partial charge in [-0.3, -0.25) is 0 Å². The molecule has 0 fully saturated rings. The van der Waals surface area contributed by atoms with Crippen molar-refractivity contribution in [1.82, 2.24) is 0 Å². The third-order valence-electron chi connectivity index (χ3n) is 1.61. The second kappa shape index (κ2) is 7.85. The van der Waals surface area contributed by atoms with Crippen LogP contribution in [0.2, 0.25) is 0 Å². The molecular weight excluding hydrogens is 192 g/mol. The monoisotopic (exact) mass is 210 g/mol. The maximum atomic E-state index is 10.2. The number of rotatable bonds is 3. The van der Waals surface area contributed by atoms with Crippen molar-refractivity contribution in [3.63, 3.8) is 0 Å². The van der Waals surface area contributed by atoms with Gasteiger partial charge < -0.3 is 9.84 Å². The summed E-state index contributed by atoms with van der Waals surface area (Å²) in [7, 11) is 0. The lowest BCUT2D eigenvalue weighted by Gasteiger charge is -2.03. The molecule has 0 saturated heterocycles. The standard InChI is InChI=1S/C10H12O3.C2H6/c1-8-3-2-4-9(6-5-8)13-7-10(11)12;1-2/h2-3,5-6H,4,7H2,1H3,(H,11,12);1-2H3. The highest BCUT2D eigenvalue weighted by Gasteiger charge is 2.01. The summed E-state index contributed by atoms with van der Waals surface area (Å²) in [6, 6.07) is 0. The Morgan fingerprint density at radius 3 is 2.73 bits per heavy atom. The molecule has 3 nitrogen and oxygen atoms in total. The van der Waals surface area contributed by atoms with E-state index in [1.807, 2.05) is 39.0 Å². The summed E-state index contributed by atoms with van der Waals surface area (Å²) >= 11 is 0. The largest absolute Gasteiger partial charge is 0.486 e. The highest BCUT2D eigenvalue weighted by molar-refractivity contribution is 5.68. The number of allylic oxidation sites excluding steroid dienone is 5. The van der Waals surface area contributed by atoms with Crippen LogP contribution in [0.25, 0.3) is 0 Å². The topological polar surface area (TPSA) is 46.5 Å². The van der Waals surface area contributed by atoms with Crippen molar-refractivity contribution < 1.29 is 14.6 Å². The minimum Gasteiger partial charge on any atom is -0.486 e. The molecule has 0 bridgehead atoms. The van der Waals surface area contributed by atoms with Crippen LogP contribution in [0.1, 0.15) is 27.2 Å². The molecule has 84 valence electrons. The lowest BCUT2D eigenvalue weighted by atomic mass is 10.3. The Hall–Kier alpha value is -1.51. The van der Waals surface area contributed by atoms with Crippen molar-refractivity contribution in [2.45, 2.75) is 27.2 Å². The zero-order valence-corrected chi connectivity index (χ0v) is 9.49. The average molecular weight is 210 g/mol. The van der Waals surface area contributed by atoms with E-state index in [1.54, 1.807) is 6.08 Å². The summed E-state index contributed by atoms with van der Waals surface area (Å²) < 4.78 is 5.04. The van der Waals surface area contributed by atoms with Crippen LogP contribution in [-0.4, -0.2) is 17.7 Å². The van der Waals surface area contributed by atoms with Crippen molar-refractivity contribution in [2.75, 3.05) is 6.61 Å². The first-order valence-electron chi connectivity index (χ1n) is 5.07. The summed E-state index contributed by atoms with van der Waals surface area (Å²) in [6.07, 6.45) is 8.29. The minimum absolute atomic E-state index is 0.271. The highest BCUT2D eigenvalue weighted by atomic mass is 16.5. The number of hydrogen-bond acceptors (Lipinski definition) is 2. The van der Waals surface area contributed by atoms with E-state index in [1.165, 1.54) is 0 Å². The Kier molecular flexibility index (Phi) is 7.06. The molecule has 0 amide bonds. The Balaban J connectivity index is 0.000000921. The van der Waals surface area contributed by atoms with E-state index in [-0.39, 0.29) is 6.61 Å². The van der Waals surface area contributed by atoms with Crippen LogP contribution >= 0.6 is 0 Å². The molecule has 0 atom stereocenters. The van der Waals surface area contributed by atoms with E-state index in [4.69, 9.17) is 9.84 Å². The van der Waals surface area contributed by atoms with Crippen molar-refractivity contribution in [3.8, 4) is 0 Å². The van der Waals surface area contributed by atoms with Crippen LogP contribution in [0.3, 0.4) is 0 Å².